The number of aryl methyl sites for hydroxylation is 1. The van der Waals surface area contributed by atoms with Gasteiger partial charge in [-0.25, -0.2) is 4.98 Å². The second-order valence-electron chi connectivity index (χ2n) is 8.45. The molecular formula is C26H32N4O3. The van der Waals surface area contributed by atoms with Crippen molar-refractivity contribution in [1.29, 1.82) is 0 Å². The zero-order valence-corrected chi connectivity index (χ0v) is 19.2. The Bertz CT molecular complexity index is 1020. The molecule has 0 saturated carbocycles. The molecule has 3 aromatic rings. The number of carbonyl (C=O) groups is 1. The summed E-state index contributed by atoms with van der Waals surface area (Å²) in [6.45, 7) is 9.25. The van der Waals surface area contributed by atoms with E-state index in [9.17, 15) is 4.79 Å². The van der Waals surface area contributed by atoms with Crippen molar-refractivity contribution in [1.82, 2.24) is 20.1 Å². The smallest absolute Gasteiger partial charge is 0.273 e. The molecule has 0 unspecified atom stereocenters. The molecule has 7 heteroatoms. The van der Waals surface area contributed by atoms with Crippen LogP contribution in [0.5, 0.6) is 0 Å². The fourth-order valence-corrected chi connectivity index (χ4v) is 3.94. The van der Waals surface area contributed by atoms with Crippen LogP contribution in [0.15, 0.2) is 65.3 Å². The molecule has 0 atom stereocenters. The quantitative estimate of drug-likeness (QED) is 0.514. The second kappa shape index (κ2) is 11.7. The molecule has 1 amide bonds. The molecule has 1 fully saturated rings. The number of ether oxygens (including phenoxy) is 1. The van der Waals surface area contributed by atoms with Gasteiger partial charge in [0.25, 0.3) is 5.91 Å². The summed E-state index contributed by atoms with van der Waals surface area (Å²) in [5, 5.41) is 2.90. The molecule has 1 N–H and O–H groups in total. The first-order valence-electron chi connectivity index (χ1n) is 11.5. The van der Waals surface area contributed by atoms with Gasteiger partial charge in [0.1, 0.15) is 6.26 Å². The van der Waals surface area contributed by atoms with Crippen molar-refractivity contribution in [2.45, 2.75) is 26.6 Å². The molecule has 33 heavy (non-hydrogen) atoms. The van der Waals surface area contributed by atoms with Gasteiger partial charge < -0.3 is 14.5 Å². The topological polar surface area (TPSA) is 70.8 Å². The Balaban J connectivity index is 1.37. The minimum atomic E-state index is -0.229. The Labute approximate surface area is 195 Å². The van der Waals surface area contributed by atoms with Crippen LogP contribution < -0.4 is 5.32 Å². The molecule has 2 heterocycles. The van der Waals surface area contributed by atoms with Crippen LogP contribution >= 0.6 is 0 Å². The van der Waals surface area contributed by atoms with Gasteiger partial charge in [-0.05, 0) is 18.1 Å². The van der Waals surface area contributed by atoms with Gasteiger partial charge >= 0.3 is 0 Å². The minimum absolute atomic E-state index is 0.229. The van der Waals surface area contributed by atoms with Gasteiger partial charge in [-0.2, -0.15) is 0 Å². The molecule has 174 valence electrons. The normalized spacial score (nSPS) is 14.5. The standard InChI is InChI=1S/C26H32N4O3/c1-21-6-5-9-23(16-21)18-30(11-10-29-12-14-32-15-13-29)19-25-28-24(20-33-25)26(31)27-17-22-7-3-2-4-8-22/h2-9,16,20H,10-15,17-19H2,1H3,(H,27,31). The number of hydrogen-bond acceptors (Lipinski definition) is 6. The van der Waals surface area contributed by atoms with Crippen LogP contribution in [0, 0.1) is 6.92 Å². The number of nitrogens with one attached hydrogen (secondary N) is 1. The van der Waals surface area contributed by atoms with Crippen LogP contribution in [0.1, 0.15) is 33.1 Å². The summed E-state index contributed by atoms with van der Waals surface area (Å²) < 4.78 is 11.1. The Morgan fingerprint density at radius 3 is 2.64 bits per heavy atom. The highest BCUT2D eigenvalue weighted by Gasteiger charge is 2.17. The summed E-state index contributed by atoms with van der Waals surface area (Å²) in [4.78, 5) is 21.7. The molecule has 2 aromatic carbocycles. The van der Waals surface area contributed by atoms with Gasteiger partial charge in [-0.1, -0.05) is 60.2 Å². The number of carbonyl (C=O) groups excluding carboxylic acids is 1. The SMILES string of the molecule is Cc1cccc(CN(CCN2CCOCC2)Cc2nc(C(=O)NCc3ccccc3)co2)c1. The van der Waals surface area contributed by atoms with Gasteiger partial charge in [0, 0.05) is 39.3 Å². The predicted molar refractivity (Wildman–Crippen MR) is 127 cm³/mol. The van der Waals surface area contributed by atoms with E-state index >= 15 is 0 Å². The first kappa shape index (κ1) is 23.2. The molecular weight excluding hydrogens is 416 g/mol. The third-order valence-electron chi connectivity index (χ3n) is 5.76. The molecule has 1 aliphatic heterocycles. The Morgan fingerprint density at radius 2 is 1.85 bits per heavy atom. The summed E-state index contributed by atoms with van der Waals surface area (Å²) >= 11 is 0. The largest absolute Gasteiger partial charge is 0.447 e. The molecule has 7 nitrogen and oxygen atoms in total. The Hall–Kier alpha value is -3.00. The van der Waals surface area contributed by atoms with Crippen LogP contribution in [-0.2, 0) is 24.4 Å². The van der Waals surface area contributed by atoms with Gasteiger partial charge in [-0.15, -0.1) is 0 Å². The lowest BCUT2D eigenvalue weighted by Gasteiger charge is -2.29. The van der Waals surface area contributed by atoms with Gasteiger partial charge in [-0.3, -0.25) is 14.6 Å². The molecule has 1 aromatic heterocycles. The van der Waals surface area contributed by atoms with Gasteiger partial charge in [0.2, 0.25) is 5.89 Å². The number of aromatic nitrogens is 1. The number of morpholine rings is 1. The minimum Gasteiger partial charge on any atom is -0.447 e. The molecule has 1 aliphatic rings. The third kappa shape index (κ3) is 7.25. The van der Waals surface area contributed by atoms with E-state index in [-0.39, 0.29) is 5.91 Å². The van der Waals surface area contributed by atoms with Crippen molar-refractivity contribution in [3.63, 3.8) is 0 Å². The first-order chi connectivity index (χ1) is 16.2. The van der Waals surface area contributed by atoms with Crippen LogP contribution in [0.25, 0.3) is 0 Å². The summed E-state index contributed by atoms with van der Waals surface area (Å²) in [5.41, 5.74) is 3.85. The monoisotopic (exact) mass is 448 g/mol. The van der Waals surface area contributed by atoms with Crippen molar-refractivity contribution < 1.29 is 13.9 Å². The summed E-state index contributed by atoms with van der Waals surface area (Å²) in [5.74, 6) is 0.321. The molecule has 4 rings (SSSR count). The molecule has 1 saturated heterocycles. The average Bonchev–Trinajstić information content (AvgIpc) is 3.31. The summed E-state index contributed by atoms with van der Waals surface area (Å²) in [6.07, 6.45) is 1.45. The second-order valence-corrected chi connectivity index (χ2v) is 8.45. The highest BCUT2D eigenvalue weighted by Crippen LogP contribution is 2.13. The van der Waals surface area contributed by atoms with Gasteiger partial charge in [0.05, 0.1) is 19.8 Å². The third-order valence-corrected chi connectivity index (χ3v) is 5.76. The number of amides is 1. The van der Waals surface area contributed by atoms with Crippen LogP contribution in [0.3, 0.4) is 0 Å². The lowest BCUT2D eigenvalue weighted by atomic mass is 10.1. The van der Waals surface area contributed by atoms with Crippen LogP contribution in [-0.4, -0.2) is 60.1 Å². The Morgan fingerprint density at radius 1 is 1.06 bits per heavy atom. The number of rotatable bonds is 10. The maximum absolute atomic E-state index is 12.5. The van der Waals surface area contributed by atoms with Crippen LogP contribution in [0.4, 0.5) is 0 Å². The molecule has 0 bridgehead atoms. The van der Waals surface area contributed by atoms with E-state index in [2.05, 4.69) is 51.3 Å². The molecule has 0 aliphatic carbocycles. The lowest BCUT2D eigenvalue weighted by Crippen LogP contribution is -2.41. The van der Waals surface area contributed by atoms with Crippen molar-refractivity contribution >= 4 is 5.91 Å². The highest BCUT2D eigenvalue weighted by atomic mass is 16.5. The number of oxazole rings is 1. The van der Waals surface area contributed by atoms with E-state index in [0.717, 1.165) is 51.5 Å². The maximum Gasteiger partial charge on any atom is 0.273 e. The summed E-state index contributed by atoms with van der Waals surface area (Å²) in [7, 11) is 0. The zero-order valence-electron chi connectivity index (χ0n) is 19.2. The zero-order chi connectivity index (χ0) is 22.9. The van der Waals surface area contributed by atoms with Crippen LogP contribution in [0.2, 0.25) is 0 Å². The molecule has 0 radical (unpaired) electrons. The lowest BCUT2D eigenvalue weighted by molar-refractivity contribution is 0.0320. The van der Waals surface area contributed by atoms with E-state index in [4.69, 9.17) is 9.15 Å². The first-order valence-corrected chi connectivity index (χ1v) is 11.5. The van der Waals surface area contributed by atoms with Crippen molar-refractivity contribution in [3.8, 4) is 0 Å². The predicted octanol–water partition coefficient (Wildman–Crippen LogP) is 3.25. The van der Waals surface area contributed by atoms with E-state index in [1.165, 1.54) is 17.4 Å². The highest BCUT2D eigenvalue weighted by molar-refractivity contribution is 5.91. The fourth-order valence-electron chi connectivity index (χ4n) is 3.94. The van der Waals surface area contributed by atoms with Crippen molar-refractivity contribution in [3.05, 3.63) is 89.1 Å². The summed E-state index contributed by atoms with van der Waals surface area (Å²) in [6, 6.07) is 18.4. The maximum atomic E-state index is 12.5. The average molecular weight is 449 g/mol. The van der Waals surface area contributed by atoms with Gasteiger partial charge in [0.15, 0.2) is 5.69 Å². The van der Waals surface area contributed by atoms with E-state index in [1.807, 2.05) is 30.3 Å². The fraction of sp³-hybridized carbons (Fsp3) is 0.385. The number of nitrogens with zero attached hydrogens (tertiary/aromatic N) is 3. The number of hydrogen-bond donors (Lipinski definition) is 1. The van der Waals surface area contributed by atoms with E-state index in [1.54, 1.807) is 0 Å². The number of benzene rings is 2. The molecule has 0 spiro atoms. The Kier molecular flexibility index (Phi) is 8.24. The van der Waals surface area contributed by atoms with Crippen molar-refractivity contribution in [2.75, 3.05) is 39.4 Å². The van der Waals surface area contributed by atoms with Crippen molar-refractivity contribution in [2.24, 2.45) is 0 Å². The van der Waals surface area contributed by atoms with E-state index < -0.39 is 0 Å². The van der Waals surface area contributed by atoms with E-state index in [0.29, 0.717) is 24.7 Å².